The van der Waals surface area contributed by atoms with E-state index in [1.54, 1.807) is 22.1 Å². The van der Waals surface area contributed by atoms with Crippen molar-refractivity contribution in [1.29, 1.82) is 0 Å². The number of anilines is 1. The minimum absolute atomic E-state index is 0.0216. The Morgan fingerprint density at radius 1 is 1.18 bits per heavy atom. The molecular weight excluding hydrogens is 607 g/mol. The van der Waals surface area contributed by atoms with Crippen LogP contribution in [0.3, 0.4) is 0 Å². The molecule has 2 saturated heterocycles. The summed E-state index contributed by atoms with van der Waals surface area (Å²) in [7, 11) is 0. The maximum absolute atomic E-state index is 16.9. The number of piperazine rings is 1. The highest BCUT2D eigenvalue weighted by atomic mass is 35.5. The van der Waals surface area contributed by atoms with Gasteiger partial charge < -0.3 is 14.5 Å². The Morgan fingerprint density at radius 2 is 1.93 bits per heavy atom. The molecule has 2 aromatic carbocycles. The summed E-state index contributed by atoms with van der Waals surface area (Å²) in [6.45, 7) is 12.4. The topological polar surface area (TPSA) is 79.6 Å². The third-order valence-electron chi connectivity index (χ3n) is 8.67. The highest BCUT2D eigenvalue weighted by molar-refractivity contribution is 6.35. The lowest BCUT2D eigenvalue weighted by atomic mass is 9.95. The second-order valence-electron chi connectivity index (χ2n) is 11.9. The summed E-state index contributed by atoms with van der Waals surface area (Å²) in [6, 6.07) is 5.07. The largest absolute Gasteiger partial charge is 0.462 e. The quantitative estimate of drug-likeness (QED) is 0.228. The number of amides is 1. The number of carbonyl (C=O) groups is 1. The molecule has 0 bridgehead atoms. The molecule has 2 fully saturated rings. The van der Waals surface area contributed by atoms with Gasteiger partial charge in [-0.3, -0.25) is 14.4 Å². The maximum Gasteiger partial charge on any atom is 0.319 e. The average molecular weight is 642 g/mol. The van der Waals surface area contributed by atoms with Crippen molar-refractivity contribution in [2.45, 2.75) is 52.2 Å². The molecule has 2 aliphatic heterocycles. The molecule has 2 aromatic heterocycles. The molecule has 0 spiro atoms. The van der Waals surface area contributed by atoms with Gasteiger partial charge in [-0.15, -0.1) is 0 Å². The lowest BCUT2D eigenvalue weighted by molar-refractivity contribution is -0.132. The fourth-order valence-corrected chi connectivity index (χ4v) is 6.67. The fourth-order valence-electron chi connectivity index (χ4n) is 6.39. The first kappa shape index (κ1) is 31.1. The van der Waals surface area contributed by atoms with E-state index in [0.717, 1.165) is 16.5 Å². The van der Waals surface area contributed by atoms with Gasteiger partial charge >= 0.3 is 6.01 Å². The molecule has 6 rings (SSSR count). The molecule has 2 atom stereocenters. The van der Waals surface area contributed by atoms with Crippen molar-refractivity contribution in [3.05, 3.63) is 53.5 Å². The van der Waals surface area contributed by atoms with Crippen molar-refractivity contribution in [2.75, 3.05) is 44.2 Å². The molecule has 238 valence electrons. The van der Waals surface area contributed by atoms with Crippen LogP contribution < -0.4 is 9.64 Å². The van der Waals surface area contributed by atoms with Crippen molar-refractivity contribution in [1.82, 2.24) is 29.5 Å². The van der Waals surface area contributed by atoms with Crippen LogP contribution in [0, 0.1) is 12.7 Å². The zero-order valence-corrected chi connectivity index (χ0v) is 26.4. The summed E-state index contributed by atoms with van der Waals surface area (Å²) in [4.78, 5) is 27.0. The van der Waals surface area contributed by atoms with E-state index in [0.29, 0.717) is 36.4 Å². The zero-order valence-electron chi connectivity index (χ0n) is 25.7. The number of halogens is 4. The zero-order chi connectivity index (χ0) is 32.2. The van der Waals surface area contributed by atoms with Gasteiger partial charge in [0.15, 0.2) is 5.82 Å². The molecule has 0 unspecified atom stereocenters. The Morgan fingerprint density at radius 3 is 2.62 bits per heavy atom. The summed E-state index contributed by atoms with van der Waals surface area (Å²) in [5.74, 6) is -3.08. The first-order chi connectivity index (χ1) is 21.4. The van der Waals surface area contributed by atoms with Crippen molar-refractivity contribution in [2.24, 2.45) is 0 Å². The fraction of sp³-hybridized carbons (Fsp3) is 0.438. The van der Waals surface area contributed by atoms with E-state index in [4.69, 9.17) is 21.3 Å². The lowest BCUT2D eigenvalue weighted by Crippen LogP contribution is -2.58. The second kappa shape index (κ2) is 11.8. The molecule has 13 heteroatoms. The van der Waals surface area contributed by atoms with Gasteiger partial charge in [0, 0.05) is 60.2 Å². The van der Waals surface area contributed by atoms with Gasteiger partial charge in [-0.05, 0) is 45.4 Å². The Hall–Kier alpha value is -3.90. The van der Waals surface area contributed by atoms with Gasteiger partial charge in [-0.1, -0.05) is 30.3 Å². The third-order valence-corrected chi connectivity index (χ3v) is 8.97. The van der Waals surface area contributed by atoms with Gasteiger partial charge in [-0.2, -0.15) is 15.1 Å². The van der Waals surface area contributed by atoms with Gasteiger partial charge in [-0.25, -0.2) is 13.2 Å². The second-order valence-corrected chi connectivity index (χ2v) is 12.3. The molecule has 4 heterocycles. The number of carbonyl (C=O) groups excluding carboxylic acids is 1. The van der Waals surface area contributed by atoms with Crippen LogP contribution in [-0.2, 0) is 11.3 Å². The van der Waals surface area contributed by atoms with Gasteiger partial charge in [0.25, 0.3) is 5.92 Å². The van der Waals surface area contributed by atoms with Crippen molar-refractivity contribution < 1.29 is 22.7 Å². The van der Waals surface area contributed by atoms with Crippen LogP contribution in [0.4, 0.5) is 19.0 Å². The normalized spacial score (nSPS) is 20.1. The highest BCUT2D eigenvalue weighted by Crippen LogP contribution is 2.43. The number of aryl methyl sites for hydroxylation is 2. The molecule has 0 radical (unpaired) electrons. The van der Waals surface area contributed by atoms with Crippen LogP contribution >= 0.6 is 11.6 Å². The summed E-state index contributed by atoms with van der Waals surface area (Å²) < 4.78 is 51.3. The average Bonchev–Trinajstić information content (AvgIpc) is 3.41. The molecule has 45 heavy (non-hydrogen) atoms. The van der Waals surface area contributed by atoms with Crippen LogP contribution in [-0.4, -0.2) is 92.8 Å². The Kier molecular flexibility index (Phi) is 8.15. The third kappa shape index (κ3) is 5.58. The van der Waals surface area contributed by atoms with E-state index in [9.17, 15) is 13.6 Å². The molecule has 0 N–H and O–H groups in total. The molecular formula is C32H35ClF3N7O2. The molecule has 1 amide bonds. The smallest absolute Gasteiger partial charge is 0.319 e. The standard InChI is InChI=1S/C32H35ClF3N7O2/c1-6-24(44)41-14-20(5)42(15-19(41)4)30-22-12-23(33)26(25-18(3)8-9-21-13-37-43(7-2)29(21)25)27(34)28(22)38-31(39-30)45-11-10-40-16-32(35,36)17-40/h6,8-9,12-13,19-20H,1,7,10-11,14-17H2,2-5H3/t19-,20+/m1/s1. The molecule has 9 nitrogen and oxygen atoms in total. The van der Waals surface area contributed by atoms with Crippen LogP contribution in [0.25, 0.3) is 32.9 Å². The number of ether oxygens (including phenoxy) is 1. The molecule has 0 aliphatic carbocycles. The van der Waals surface area contributed by atoms with Crippen LogP contribution in [0.1, 0.15) is 26.3 Å². The Labute approximate surface area is 264 Å². The Balaban J connectivity index is 1.48. The molecule has 4 aromatic rings. The molecule has 0 saturated carbocycles. The van der Waals surface area contributed by atoms with Crippen molar-refractivity contribution in [3.8, 4) is 17.1 Å². The number of benzene rings is 2. The molecule has 2 aliphatic rings. The number of nitrogens with zero attached hydrogens (tertiary/aromatic N) is 7. The lowest BCUT2D eigenvalue weighted by Gasteiger charge is -2.44. The van der Waals surface area contributed by atoms with E-state index in [2.05, 4.69) is 16.7 Å². The monoisotopic (exact) mass is 641 g/mol. The van der Waals surface area contributed by atoms with Crippen LogP contribution in [0.15, 0.2) is 37.1 Å². The number of hydrogen-bond acceptors (Lipinski definition) is 7. The first-order valence-electron chi connectivity index (χ1n) is 15.0. The van der Waals surface area contributed by atoms with Gasteiger partial charge in [0.2, 0.25) is 5.91 Å². The van der Waals surface area contributed by atoms with Gasteiger partial charge in [0.1, 0.15) is 17.9 Å². The minimum Gasteiger partial charge on any atom is -0.462 e. The van der Waals surface area contributed by atoms with E-state index >= 15 is 4.39 Å². The number of fused-ring (bicyclic) bond motifs is 2. The minimum atomic E-state index is -2.69. The predicted molar refractivity (Wildman–Crippen MR) is 169 cm³/mol. The summed E-state index contributed by atoms with van der Waals surface area (Å²) in [6.07, 6.45) is 3.04. The number of alkyl halides is 2. The SMILES string of the molecule is C=CC(=O)N1C[C@H](C)N(c2nc(OCCN3CC(F)(F)C3)nc3c(F)c(-c4c(C)ccc5cnn(CC)c45)c(Cl)cc23)C[C@H]1C. The van der Waals surface area contributed by atoms with E-state index < -0.39 is 11.7 Å². The summed E-state index contributed by atoms with van der Waals surface area (Å²) >= 11 is 6.94. The first-order valence-corrected chi connectivity index (χ1v) is 15.4. The maximum atomic E-state index is 16.9. The van der Waals surface area contributed by atoms with Crippen LogP contribution in [0.2, 0.25) is 5.02 Å². The number of rotatable bonds is 8. The summed E-state index contributed by atoms with van der Waals surface area (Å²) in [5, 5.41) is 5.92. The highest BCUT2D eigenvalue weighted by Gasteiger charge is 2.43. The van der Waals surface area contributed by atoms with E-state index in [1.165, 1.54) is 6.08 Å². The van der Waals surface area contributed by atoms with Crippen molar-refractivity contribution >= 4 is 45.1 Å². The number of aromatic nitrogens is 4. The predicted octanol–water partition coefficient (Wildman–Crippen LogP) is 5.71. The van der Waals surface area contributed by atoms with Crippen molar-refractivity contribution in [3.63, 3.8) is 0 Å². The number of hydrogen-bond donors (Lipinski definition) is 0. The summed E-state index contributed by atoms with van der Waals surface area (Å²) in [5.41, 5.74) is 2.42. The number of likely N-dealkylation sites (tertiary alicyclic amines) is 1. The van der Waals surface area contributed by atoms with Gasteiger partial charge in [0.05, 0.1) is 29.8 Å². The Bertz CT molecular complexity index is 1810. The van der Waals surface area contributed by atoms with E-state index in [1.807, 2.05) is 49.4 Å². The van der Waals surface area contributed by atoms with Crippen LogP contribution in [0.5, 0.6) is 6.01 Å². The van der Waals surface area contributed by atoms with E-state index in [-0.39, 0.29) is 66.3 Å².